The molecule has 0 heterocycles. The number of quaternary nitrogens is 1. The van der Waals surface area contributed by atoms with E-state index in [4.69, 9.17) is 28.3 Å². The number of halogens is 3. The van der Waals surface area contributed by atoms with Gasteiger partial charge in [-0.05, 0) is 0 Å². The highest BCUT2D eigenvalue weighted by Crippen LogP contribution is 2.04. The minimum atomic E-state index is -1.12. The molecule has 80 valence electrons. The zero-order valence-corrected chi connectivity index (χ0v) is 9.15. The average molecular weight is 252 g/mol. The second kappa shape index (κ2) is 7.64. The standard InChI is InChI=1S/C6H11Cl2NO3.ClH/c7-1-3-9(12,4-2-8)5-6(10)11;/h1-5H2,(H,10,11);1H/p-1. The third kappa shape index (κ3) is 7.34. The first kappa shape index (κ1) is 15.7. The fourth-order valence-corrected chi connectivity index (χ4v) is 1.44. The molecular weight excluding hydrogens is 240 g/mol. The summed E-state index contributed by atoms with van der Waals surface area (Å²) >= 11 is 10.7. The number of hydrogen-bond acceptors (Lipinski definition) is 2. The number of hydroxylamine groups is 3. The van der Waals surface area contributed by atoms with Crippen molar-refractivity contribution in [1.29, 1.82) is 0 Å². The van der Waals surface area contributed by atoms with Crippen molar-refractivity contribution in [3.8, 4) is 0 Å². The van der Waals surface area contributed by atoms with Gasteiger partial charge in [-0.3, -0.25) is 0 Å². The number of alkyl halides is 2. The quantitative estimate of drug-likeness (QED) is 0.333. The second-order valence-corrected chi connectivity index (χ2v) is 3.19. The molecule has 0 radical (unpaired) electrons. The Morgan fingerprint density at radius 1 is 1.31 bits per heavy atom. The highest BCUT2D eigenvalue weighted by atomic mass is 35.5. The second-order valence-electron chi connectivity index (χ2n) is 2.44. The van der Waals surface area contributed by atoms with Crippen molar-refractivity contribution in [2.24, 2.45) is 0 Å². The van der Waals surface area contributed by atoms with Gasteiger partial charge in [-0.1, -0.05) is 0 Å². The van der Waals surface area contributed by atoms with Crippen molar-refractivity contribution < 1.29 is 27.0 Å². The predicted molar refractivity (Wildman–Crippen MR) is 47.3 cm³/mol. The van der Waals surface area contributed by atoms with Crippen LogP contribution in [0.5, 0.6) is 0 Å². The molecule has 0 atom stereocenters. The first-order valence-corrected chi connectivity index (χ1v) is 4.52. The van der Waals surface area contributed by atoms with Gasteiger partial charge < -0.3 is 27.4 Å². The number of rotatable bonds is 6. The van der Waals surface area contributed by atoms with Crippen LogP contribution in [0.15, 0.2) is 0 Å². The van der Waals surface area contributed by atoms with Crippen molar-refractivity contribution in [2.75, 3.05) is 31.4 Å². The molecule has 4 nitrogen and oxygen atoms in total. The minimum Gasteiger partial charge on any atom is -1.00 e. The van der Waals surface area contributed by atoms with Crippen LogP contribution in [-0.4, -0.2) is 47.1 Å². The van der Waals surface area contributed by atoms with Gasteiger partial charge in [0, 0.05) is 0 Å². The first-order chi connectivity index (χ1) is 5.54. The summed E-state index contributed by atoms with van der Waals surface area (Å²) in [6.45, 7) is -0.305. The van der Waals surface area contributed by atoms with E-state index in [0.717, 1.165) is 0 Å². The normalized spacial score (nSPS) is 10.7. The number of nitrogens with zero attached hydrogens (tertiary/aromatic N) is 1. The molecule has 7 heteroatoms. The maximum atomic E-state index is 11.5. The van der Waals surface area contributed by atoms with Gasteiger partial charge in [-0.25, -0.2) is 4.79 Å². The molecule has 0 saturated carbocycles. The molecule has 0 rings (SSSR count). The molecule has 0 aromatic carbocycles. The van der Waals surface area contributed by atoms with Crippen LogP contribution < -0.4 is 12.4 Å². The van der Waals surface area contributed by atoms with Crippen LogP contribution in [0, 0.1) is 5.21 Å². The highest BCUT2D eigenvalue weighted by Gasteiger charge is 2.19. The van der Waals surface area contributed by atoms with Crippen LogP contribution in [0.2, 0.25) is 0 Å². The third-order valence-corrected chi connectivity index (χ3v) is 1.75. The van der Waals surface area contributed by atoms with Gasteiger partial charge in [0.15, 0.2) is 6.54 Å². The Morgan fingerprint density at radius 2 is 1.69 bits per heavy atom. The number of aliphatic carboxylic acids is 1. The Labute approximate surface area is 93.0 Å². The van der Waals surface area contributed by atoms with Gasteiger partial charge in [0.25, 0.3) is 0 Å². The molecule has 0 aliphatic carbocycles. The Bertz CT molecular complexity index is 150. The van der Waals surface area contributed by atoms with E-state index in [1.807, 2.05) is 0 Å². The van der Waals surface area contributed by atoms with Gasteiger partial charge in [0.2, 0.25) is 0 Å². The molecule has 0 saturated heterocycles. The van der Waals surface area contributed by atoms with Crippen molar-refractivity contribution >= 4 is 29.2 Å². The number of carbonyl (C=O) groups is 1. The smallest absolute Gasteiger partial charge is 0.359 e. The third-order valence-electron chi connectivity index (χ3n) is 1.41. The van der Waals surface area contributed by atoms with E-state index in [-0.39, 0.29) is 37.3 Å². The predicted octanol–water partition coefficient (Wildman–Crippen LogP) is -2.13. The van der Waals surface area contributed by atoms with Gasteiger partial charge in [0.1, 0.15) is 0 Å². The van der Waals surface area contributed by atoms with Crippen LogP contribution in [0.25, 0.3) is 0 Å². The number of carboxylic acids is 1. The van der Waals surface area contributed by atoms with Crippen molar-refractivity contribution in [3.05, 3.63) is 5.21 Å². The summed E-state index contributed by atoms with van der Waals surface area (Å²) < 4.78 is -0.845. The SMILES string of the molecule is O=C(O)C[N+]([O-])(CCCl)CCCl.[Cl-]. The summed E-state index contributed by atoms with van der Waals surface area (Å²) in [5.41, 5.74) is 0. The molecule has 0 unspecified atom stereocenters. The zero-order valence-electron chi connectivity index (χ0n) is 6.88. The van der Waals surface area contributed by atoms with Crippen molar-refractivity contribution in [2.45, 2.75) is 0 Å². The molecule has 0 amide bonds. The van der Waals surface area contributed by atoms with E-state index in [2.05, 4.69) is 0 Å². The topological polar surface area (TPSA) is 60.4 Å². The Balaban J connectivity index is 0. The zero-order chi connectivity index (χ0) is 9.61. The first-order valence-electron chi connectivity index (χ1n) is 3.45. The van der Waals surface area contributed by atoms with Crippen LogP contribution >= 0.6 is 23.2 Å². The van der Waals surface area contributed by atoms with Crippen molar-refractivity contribution in [3.63, 3.8) is 0 Å². The molecule has 0 aliphatic rings. The lowest BCUT2D eigenvalue weighted by Crippen LogP contribution is -3.00. The fraction of sp³-hybridized carbons (Fsp3) is 0.833. The molecule has 0 aliphatic heterocycles. The van der Waals surface area contributed by atoms with E-state index in [1.165, 1.54) is 0 Å². The molecule has 0 aromatic rings. The van der Waals surface area contributed by atoms with E-state index in [0.29, 0.717) is 0 Å². The minimum absolute atomic E-state index is 0. The van der Waals surface area contributed by atoms with Crippen molar-refractivity contribution in [1.82, 2.24) is 0 Å². The van der Waals surface area contributed by atoms with E-state index >= 15 is 0 Å². The van der Waals surface area contributed by atoms with Gasteiger partial charge in [0.05, 0.1) is 24.8 Å². The number of carboxylic acid groups (broad SMARTS) is 1. The fourth-order valence-electron chi connectivity index (χ4n) is 0.824. The Hall–Kier alpha value is 0.260. The number of hydrogen-bond donors (Lipinski definition) is 1. The van der Waals surface area contributed by atoms with Crippen LogP contribution in [0.1, 0.15) is 0 Å². The average Bonchev–Trinajstić information content (AvgIpc) is 1.85. The van der Waals surface area contributed by atoms with Gasteiger partial charge >= 0.3 is 5.97 Å². The van der Waals surface area contributed by atoms with E-state index in [1.54, 1.807) is 0 Å². The summed E-state index contributed by atoms with van der Waals surface area (Å²) in [5, 5.41) is 19.9. The summed E-state index contributed by atoms with van der Waals surface area (Å²) in [7, 11) is 0. The molecule has 13 heavy (non-hydrogen) atoms. The molecule has 0 aromatic heterocycles. The largest absolute Gasteiger partial charge is 1.00 e. The maximum absolute atomic E-state index is 11.5. The Morgan fingerprint density at radius 3 is 1.92 bits per heavy atom. The molecule has 1 N–H and O–H groups in total. The van der Waals surface area contributed by atoms with Crippen LogP contribution in [0.3, 0.4) is 0 Å². The Kier molecular flexibility index (Phi) is 9.24. The summed E-state index contributed by atoms with van der Waals surface area (Å²) in [6.07, 6.45) is 0. The van der Waals surface area contributed by atoms with E-state index < -0.39 is 17.2 Å². The lowest BCUT2D eigenvalue weighted by atomic mass is 10.4. The summed E-state index contributed by atoms with van der Waals surface area (Å²) in [6, 6.07) is 0. The molecule has 0 fully saturated rings. The summed E-state index contributed by atoms with van der Waals surface area (Å²) in [5.74, 6) is -0.832. The highest BCUT2D eigenvalue weighted by molar-refractivity contribution is 6.18. The molecular formula is C6H11Cl3NO3-. The van der Waals surface area contributed by atoms with E-state index in [9.17, 15) is 10.0 Å². The van der Waals surface area contributed by atoms with Crippen LogP contribution in [-0.2, 0) is 4.79 Å². The maximum Gasteiger partial charge on any atom is 0.359 e. The van der Waals surface area contributed by atoms with Crippen LogP contribution in [0.4, 0.5) is 0 Å². The lowest BCUT2D eigenvalue weighted by molar-refractivity contribution is -0.868. The summed E-state index contributed by atoms with van der Waals surface area (Å²) in [4.78, 5) is 10.3. The monoisotopic (exact) mass is 250 g/mol. The molecule has 0 spiro atoms. The van der Waals surface area contributed by atoms with Gasteiger partial charge in [-0.2, -0.15) is 0 Å². The molecule has 0 bridgehead atoms. The lowest BCUT2D eigenvalue weighted by Gasteiger charge is -2.40. The van der Waals surface area contributed by atoms with Gasteiger partial charge in [-0.15, -0.1) is 23.2 Å².